The summed E-state index contributed by atoms with van der Waals surface area (Å²) in [6.07, 6.45) is 5.22. The molecule has 1 aromatic rings. The molecule has 0 saturated heterocycles. The van der Waals surface area contributed by atoms with Crippen molar-refractivity contribution in [1.82, 2.24) is 4.57 Å². The van der Waals surface area contributed by atoms with Crippen LogP contribution in [0.4, 0.5) is 0 Å². The third-order valence-electron chi connectivity index (χ3n) is 1.77. The molecule has 0 N–H and O–H groups in total. The standard InChI is InChI=1S/C8H10N2/c1-3-8-7-9-4-2-6-10(8)5-1/h1,3,5,7H,2,4,6H2. The van der Waals surface area contributed by atoms with E-state index in [0.29, 0.717) is 0 Å². The van der Waals surface area contributed by atoms with E-state index in [4.69, 9.17) is 0 Å². The maximum Gasteiger partial charge on any atom is 0.0588 e. The molecule has 2 nitrogen and oxygen atoms in total. The van der Waals surface area contributed by atoms with Gasteiger partial charge in [-0.2, -0.15) is 0 Å². The van der Waals surface area contributed by atoms with Crippen LogP contribution >= 0.6 is 0 Å². The monoisotopic (exact) mass is 134 g/mol. The van der Waals surface area contributed by atoms with Crippen LogP contribution in [-0.2, 0) is 6.54 Å². The van der Waals surface area contributed by atoms with Crippen LogP contribution in [-0.4, -0.2) is 17.3 Å². The van der Waals surface area contributed by atoms with Crippen LogP contribution < -0.4 is 0 Å². The largest absolute Gasteiger partial charge is 0.347 e. The maximum atomic E-state index is 4.24. The number of nitrogens with zero attached hydrogens (tertiary/aromatic N) is 2. The SMILES string of the molecule is C1=NCCCn2cccc21. The summed E-state index contributed by atoms with van der Waals surface area (Å²) in [7, 11) is 0. The number of hydrogen-bond acceptors (Lipinski definition) is 1. The highest BCUT2D eigenvalue weighted by Crippen LogP contribution is 2.03. The molecule has 0 saturated carbocycles. The van der Waals surface area contributed by atoms with Gasteiger partial charge in [0.25, 0.3) is 0 Å². The van der Waals surface area contributed by atoms with Gasteiger partial charge in [-0.3, -0.25) is 4.99 Å². The van der Waals surface area contributed by atoms with Crippen molar-refractivity contribution < 1.29 is 0 Å². The Morgan fingerprint density at radius 1 is 1.50 bits per heavy atom. The van der Waals surface area contributed by atoms with Crippen LogP contribution in [0.2, 0.25) is 0 Å². The van der Waals surface area contributed by atoms with Crippen LogP contribution in [0.1, 0.15) is 12.1 Å². The van der Waals surface area contributed by atoms with E-state index in [2.05, 4.69) is 27.9 Å². The summed E-state index contributed by atoms with van der Waals surface area (Å²) in [6, 6.07) is 4.15. The first kappa shape index (κ1) is 5.71. The minimum atomic E-state index is 0.974. The summed E-state index contributed by atoms with van der Waals surface area (Å²) < 4.78 is 2.23. The Kier molecular flexibility index (Phi) is 1.31. The molecule has 1 aromatic heterocycles. The van der Waals surface area contributed by atoms with E-state index in [1.807, 2.05) is 6.21 Å². The van der Waals surface area contributed by atoms with Gasteiger partial charge in [0.2, 0.25) is 0 Å². The van der Waals surface area contributed by atoms with E-state index in [1.54, 1.807) is 0 Å². The zero-order valence-corrected chi connectivity index (χ0v) is 5.83. The molecule has 52 valence electrons. The van der Waals surface area contributed by atoms with Crippen LogP contribution in [0.25, 0.3) is 0 Å². The van der Waals surface area contributed by atoms with Gasteiger partial charge in [0.05, 0.1) is 5.69 Å². The van der Waals surface area contributed by atoms with Gasteiger partial charge < -0.3 is 4.57 Å². The van der Waals surface area contributed by atoms with Gasteiger partial charge in [-0.15, -0.1) is 0 Å². The normalized spacial score (nSPS) is 16.4. The topological polar surface area (TPSA) is 17.3 Å². The van der Waals surface area contributed by atoms with E-state index in [0.717, 1.165) is 19.5 Å². The van der Waals surface area contributed by atoms with Gasteiger partial charge in [-0.05, 0) is 18.6 Å². The second-order valence-corrected chi connectivity index (χ2v) is 2.52. The zero-order valence-electron chi connectivity index (χ0n) is 5.83. The van der Waals surface area contributed by atoms with E-state index < -0.39 is 0 Å². The molecule has 0 aromatic carbocycles. The van der Waals surface area contributed by atoms with Gasteiger partial charge in [0.1, 0.15) is 0 Å². The molecular formula is C8H10N2. The first-order chi connectivity index (χ1) is 4.97. The molecule has 0 radical (unpaired) electrons. The lowest BCUT2D eigenvalue weighted by atomic mass is 10.4. The molecule has 2 heterocycles. The fourth-order valence-corrected chi connectivity index (χ4v) is 1.24. The number of aromatic nitrogens is 1. The molecule has 0 aliphatic carbocycles. The summed E-state index contributed by atoms with van der Waals surface area (Å²) in [6.45, 7) is 2.09. The van der Waals surface area contributed by atoms with Crippen LogP contribution in [0, 0.1) is 0 Å². The highest BCUT2D eigenvalue weighted by Gasteiger charge is 1.99. The second-order valence-electron chi connectivity index (χ2n) is 2.52. The smallest absolute Gasteiger partial charge is 0.0588 e. The molecule has 0 bridgehead atoms. The number of rotatable bonds is 0. The first-order valence-corrected chi connectivity index (χ1v) is 3.62. The summed E-state index contributed by atoms with van der Waals surface area (Å²) >= 11 is 0. The van der Waals surface area contributed by atoms with E-state index >= 15 is 0 Å². The van der Waals surface area contributed by atoms with Gasteiger partial charge in [0, 0.05) is 25.5 Å². The van der Waals surface area contributed by atoms with Crippen LogP contribution in [0.5, 0.6) is 0 Å². The summed E-state index contributed by atoms with van der Waals surface area (Å²) in [5.74, 6) is 0. The quantitative estimate of drug-likeness (QED) is 0.509. The van der Waals surface area contributed by atoms with Gasteiger partial charge in [0.15, 0.2) is 0 Å². The van der Waals surface area contributed by atoms with Gasteiger partial charge in [-0.1, -0.05) is 0 Å². The third-order valence-corrected chi connectivity index (χ3v) is 1.77. The van der Waals surface area contributed by atoms with E-state index in [9.17, 15) is 0 Å². The Hall–Kier alpha value is -1.05. The second kappa shape index (κ2) is 2.29. The van der Waals surface area contributed by atoms with Crippen molar-refractivity contribution in [3.8, 4) is 0 Å². The van der Waals surface area contributed by atoms with Crippen molar-refractivity contribution in [2.45, 2.75) is 13.0 Å². The lowest BCUT2D eigenvalue weighted by Gasteiger charge is -1.99. The van der Waals surface area contributed by atoms with Crippen LogP contribution in [0.3, 0.4) is 0 Å². The lowest BCUT2D eigenvalue weighted by molar-refractivity contribution is 0.664. The molecule has 0 amide bonds. The Bertz CT molecular complexity index is 248. The lowest BCUT2D eigenvalue weighted by Crippen LogP contribution is -1.97. The van der Waals surface area contributed by atoms with Crippen molar-refractivity contribution in [3.05, 3.63) is 24.0 Å². The van der Waals surface area contributed by atoms with Gasteiger partial charge >= 0.3 is 0 Å². The Morgan fingerprint density at radius 3 is 3.50 bits per heavy atom. The highest BCUT2D eigenvalue weighted by atomic mass is 15.0. The number of aryl methyl sites for hydroxylation is 1. The first-order valence-electron chi connectivity index (χ1n) is 3.62. The molecular weight excluding hydrogens is 124 g/mol. The van der Waals surface area contributed by atoms with Crippen molar-refractivity contribution in [3.63, 3.8) is 0 Å². The number of aliphatic imine (C=N–C) groups is 1. The third kappa shape index (κ3) is 0.856. The van der Waals surface area contributed by atoms with Crippen molar-refractivity contribution in [2.75, 3.05) is 6.54 Å². The summed E-state index contributed by atoms with van der Waals surface area (Å²) in [5, 5.41) is 0. The Morgan fingerprint density at radius 2 is 2.50 bits per heavy atom. The van der Waals surface area contributed by atoms with Crippen molar-refractivity contribution >= 4 is 6.21 Å². The van der Waals surface area contributed by atoms with E-state index in [-0.39, 0.29) is 0 Å². The number of fused-ring (bicyclic) bond motifs is 1. The average molecular weight is 134 g/mol. The molecule has 10 heavy (non-hydrogen) atoms. The molecule has 2 rings (SSSR count). The van der Waals surface area contributed by atoms with Crippen molar-refractivity contribution in [2.24, 2.45) is 4.99 Å². The maximum absolute atomic E-state index is 4.24. The Labute approximate surface area is 60.2 Å². The fraction of sp³-hybridized carbons (Fsp3) is 0.375. The molecule has 0 unspecified atom stereocenters. The number of hydrogen-bond donors (Lipinski definition) is 0. The predicted octanol–water partition coefficient (Wildman–Crippen LogP) is 1.31. The Balaban J connectivity index is 2.42. The summed E-state index contributed by atoms with van der Waals surface area (Å²) in [5.41, 5.74) is 1.23. The molecule has 1 aliphatic heterocycles. The fourth-order valence-electron chi connectivity index (χ4n) is 1.24. The molecule has 2 heteroatoms. The van der Waals surface area contributed by atoms with Gasteiger partial charge in [-0.25, -0.2) is 0 Å². The van der Waals surface area contributed by atoms with Crippen molar-refractivity contribution in [1.29, 1.82) is 0 Å². The highest BCUT2D eigenvalue weighted by molar-refractivity contribution is 5.77. The predicted molar refractivity (Wildman–Crippen MR) is 41.5 cm³/mol. The molecule has 0 spiro atoms. The van der Waals surface area contributed by atoms with Crippen LogP contribution in [0.15, 0.2) is 23.3 Å². The zero-order chi connectivity index (χ0) is 6.81. The minimum Gasteiger partial charge on any atom is -0.347 e. The molecule has 1 aliphatic rings. The average Bonchev–Trinajstić information content (AvgIpc) is 2.28. The molecule has 0 fully saturated rings. The van der Waals surface area contributed by atoms with E-state index in [1.165, 1.54) is 5.69 Å². The minimum absolute atomic E-state index is 0.974. The molecule has 0 atom stereocenters. The summed E-state index contributed by atoms with van der Waals surface area (Å²) in [4.78, 5) is 4.24.